The predicted octanol–water partition coefficient (Wildman–Crippen LogP) is 4.04. The molecule has 192 valence electrons. The van der Waals surface area contributed by atoms with Crippen LogP contribution in [0, 0.1) is 27.7 Å². The summed E-state index contributed by atoms with van der Waals surface area (Å²) in [5.41, 5.74) is 8.19. The van der Waals surface area contributed by atoms with E-state index in [9.17, 15) is 14.4 Å². The first-order valence-electron chi connectivity index (χ1n) is 11.6. The van der Waals surface area contributed by atoms with Gasteiger partial charge >= 0.3 is 11.8 Å². The Labute approximate surface area is 215 Å². The van der Waals surface area contributed by atoms with Crippen LogP contribution >= 0.6 is 0 Å². The molecule has 9 heteroatoms. The van der Waals surface area contributed by atoms with Crippen molar-refractivity contribution in [3.8, 4) is 11.5 Å². The number of hydrazone groups is 1. The zero-order valence-electron chi connectivity index (χ0n) is 21.5. The summed E-state index contributed by atoms with van der Waals surface area (Å²) in [6.07, 6.45) is 1.36. The van der Waals surface area contributed by atoms with Gasteiger partial charge in [0, 0.05) is 11.4 Å². The highest BCUT2D eigenvalue weighted by Gasteiger charge is 2.14. The average molecular weight is 503 g/mol. The summed E-state index contributed by atoms with van der Waals surface area (Å²) in [4.78, 5) is 36.5. The summed E-state index contributed by atoms with van der Waals surface area (Å²) in [5, 5.41) is 9.20. The van der Waals surface area contributed by atoms with E-state index in [-0.39, 0.29) is 12.5 Å². The summed E-state index contributed by atoms with van der Waals surface area (Å²) in [6, 6.07) is 16.0. The van der Waals surface area contributed by atoms with E-state index in [0.717, 1.165) is 27.9 Å². The standard InChI is InChI=1S/C28H30N4O5/c1-17-9-11-22(13-19(17)3)30-27(34)28(35)32-29-15-21-10-12-24(25(14-21)36-5)37-16-26(33)31-23-8-6-7-18(2)20(23)4/h6-15H,16H2,1-5H3,(H,30,34)(H,31,33)(H,32,35)/b29-15-. The first kappa shape index (κ1) is 26.9. The maximum absolute atomic E-state index is 12.4. The Bertz CT molecular complexity index is 1350. The SMILES string of the molecule is COc1cc(/C=N\NC(=O)C(=O)Nc2ccc(C)c(C)c2)ccc1OCC(=O)Nc1cccc(C)c1C. The second-order valence-corrected chi connectivity index (χ2v) is 8.45. The number of rotatable bonds is 8. The largest absolute Gasteiger partial charge is 0.493 e. The zero-order valence-corrected chi connectivity index (χ0v) is 21.5. The molecule has 9 nitrogen and oxygen atoms in total. The van der Waals surface area contributed by atoms with E-state index in [2.05, 4.69) is 21.2 Å². The Kier molecular flexibility index (Phi) is 8.99. The summed E-state index contributed by atoms with van der Waals surface area (Å²) in [5.74, 6) is -1.30. The number of hydrogen-bond acceptors (Lipinski definition) is 6. The average Bonchev–Trinajstić information content (AvgIpc) is 2.88. The summed E-state index contributed by atoms with van der Waals surface area (Å²) >= 11 is 0. The molecule has 0 unspecified atom stereocenters. The van der Waals surface area contributed by atoms with Crippen LogP contribution in [0.2, 0.25) is 0 Å². The quantitative estimate of drug-likeness (QED) is 0.244. The lowest BCUT2D eigenvalue weighted by Gasteiger charge is -2.13. The fourth-order valence-electron chi connectivity index (χ4n) is 3.32. The molecule has 3 aromatic rings. The van der Waals surface area contributed by atoms with Gasteiger partial charge in [0.2, 0.25) is 0 Å². The first-order valence-corrected chi connectivity index (χ1v) is 11.6. The van der Waals surface area contributed by atoms with E-state index in [1.165, 1.54) is 13.3 Å². The van der Waals surface area contributed by atoms with E-state index < -0.39 is 11.8 Å². The number of nitrogens with one attached hydrogen (secondary N) is 3. The maximum Gasteiger partial charge on any atom is 0.329 e. The molecule has 0 heterocycles. The number of amides is 3. The van der Waals surface area contributed by atoms with Crippen molar-refractivity contribution in [2.24, 2.45) is 5.10 Å². The molecular formula is C28H30N4O5. The highest BCUT2D eigenvalue weighted by atomic mass is 16.5. The lowest BCUT2D eigenvalue weighted by molar-refractivity contribution is -0.136. The Morgan fingerprint density at radius 1 is 0.838 bits per heavy atom. The van der Waals surface area contributed by atoms with Crippen LogP contribution in [0.25, 0.3) is 0 Å². The molecule has 3 aromatic carbocycles. The molecule has 0 spiro atoms. The first-order chi connectivity index (χ1) is 17.7. The number of benzene rings is 3. The number of carbonyl (C=O) groups excluding carboxylic acids is 3. The molecule has 0 aliphatic carbocycles. The third-order valence-corrected chi connectivity index (χ3v) is 5.78. The molecule has 0 aliphatic rings. The van der Waals surface area contributed by atoms with Crippen LogP contribution in [0.3, 0.4) is 0 Å². The molecule has 0 atom stereocenters. The van der Waals surface area contributed by atoms with Crippen LogP contribution in [-0.4, -0.2) is 37.7 Å². The molecule has 3 amide bonds. The highest BCUT2D eigenvalue weighted by Crippen LogP contribution is 2.27. The summed E-state index contributed by atoms with van der Waals surface area (Å²) < 4.78 is 11.0. The van der Waals surface area contributed by atoms with Crippen LogP contribution in [0.15, 0.2) is 59.7 Å². The fourth-order valence-corrected chi connectivity index (χ4v) is 3.32. The van der Waals surface area contributed by atoms with Gasteiger partial charge in [-0.2, -0.15) is 5.10 Å². The third kappa shape index (κ3) is 7.41. The van der Waals surface area contributed by atoms with Gasteiger partial charge in [-0.1, -0.05) is 18.2 Å². The van der Waals surface area contributed by atoms with Crippen molar-refractivity contribution < 1.29 is 23.9 Å². The molecule has 0 fully saturated rings. The molecule has 0 saturated heterocycles. The Balaban J connectivity index is 1.54. The third-order valence-electron chi connectivity index (χ3n) is 5.78. The molecular weight excluding hydrogens is 472 g/mol. The fraction of sp³-hybridized carbons (Fsp3) is 0.214. The number of hydrogen-bond donors (Lipinski definition) is 3. The monoisotopic (exact) mass is 502 g/mol. The van der Waals surface area contributed by atoms with Gasteiger partial charge in [0.25, 0.3) is 5.91 Å². The van der Waals surface area contributed by atoms with Crippen molar-refractivity contribution in [2.75, 3.05) is 24.4 Å². The number of nitrogens with zero attached hydrogens (tertiary/aromatic N) is 1. The van der Waals surface area contributed by atoms with Gasteiger partial charge in [0.05, 0.1) is 13.3 Å². The minimum absolute atomic E-state index is 0.206. The lowest BCUT2D eigenvalue weighted by Crippen LogP contribution is -2.32. The van der Waals surface area contributed by atoms with E-state index >= 15 is 0 Å². The maximum atomic E-state index is 12.4. The number of ether oxygens (including phenoxy) is 2. The van der Waals surface area contributed by atoms with Crippen molar-refractivity contribution in [1.29, 1.82) is 0 Å². The van der Waals surface area contributed by atoms with Gasteiger partial charge in [-0.05, 0) is 91.9 Å². The lowest BCUT2D eigenvalue weighted by atomic mass is 10.1. The van der Waals surface area contributed by atoms with Gasteiger partial charge in [-0.15, -0.1) is 0 Å². The van der Waals surface area contributed by atoms with Crippen molar-refractivity contribution >= 4 is 35.3 Å². The topological polar surface area (TPSA) is 118 Å². The molecule has 37 heavy (non-hydrogen) atoms. The Morgan fingerprint density at radius 2 is 1.62 bits per heavy atom. The van der Waals surface area contributed by atoms with Gasteiger partial charge < -0.3 is 20.1 Å². The van der Waals surface area contributed by atoms with Crippen LogP contribution in [0.5, 0.6) is 11.5 Å². The number of carbonyl (C=O) groups is 3. The van der Waals surface area contributed by atoms with Crippen molar-refractivity contribution in [3.05, 3.63) is 82.4 Å². The molecule has 0 saturated carbocycles. The summed E-state index contributed by atoms with van der Waals surface area (Å²) in [7, 11) is 1.47. The van der Waals surface area contributed by atoms with Gasteiger partial charge in [-0.3, -0.25) is 14.4 Å². The minimum atomic E-state index is -0.906. The molecule has 0 bridgehead atoms. The number of anilines is 2. The molecule has 3 rings (SSSR count). The van der Waals surface area contributed by atoms with E-state index in [1.54, 1.807) is 30.3 Å². The summed E-state index contributed by atoms with van der Waals surface area (Å²) in [6.45, 7) is 7.59. The van der Waals surface area contributed by atoms with Crippen LogP contribution in [-0.2, 0) is 14.4 Å². The van der Waals surface area contributed by atoms with Crippen LogP contribution in [0.4, 0.5) is 11.4 Å². The highest BCUT2D eigenvalue weighted by molar-refractivity contribution is 6.39. The second-order valence-electron chi connectivity index (χ2n) is 8.45. The van der Waals surface area contributed by atoms with Crippen molar-refractivity contribution in [2.45, 2.75) is 27.7 Å². The van der Waals surface area contributed by atoms with Crippen LogP contribution in [0.1, 0.15) is 27.8 Å². The second kappa shape index (κ2) is 12.3. The van der Waals surface area contributed by atoms with E-state index in [1.807, 2.05) is 52.0 Å². The minimum Gasteiger partial charge on any atom is -0.493 e. The van der Waals surface area contributed by atoms with E-state index in [4.69, 9.17) is 9.47 Å². The number of methoxy groups -OCH3 is 1. The predicted molar refractivity (Wildman–Crippen MR) is 143 cm³/mol. The van der Waals surface area contributed by atoms with Crippen molar-refractivity contribution in [3.63, 3.8) is 0 Å². The smallest absolute Gasteiger partial charge is 0.329 e. The van der Waals surface area contributed by atoms with Crippen LogP contribution < -0.4 is 25.5 Å². The van der Waals surface area contributed by atoms with Crippen molar-refractivity contribution in [1.82, 2.24) is 5.43 Å². The Hall–Kier alpha value is -4.66. The molecule has 0 radical (unpaired) electrons. The molecule has 3 N–H and O–H groups in total. The molecule has 0 aromatic heterocycles. The Morgan fingerprint density at radius 3 is 2.35 bits per heavy atom. The zero-order chi connectivity index (χ0) is 26.9. The molecule has 0 aliphatic heterocycles. The van der Waals surface area contributed by atoms with Gasteiger partial charge in [-0.25, -0.2) is 5.43 Å². The van der Waals surface area contributed by atoms with Gasteiger partial charge in [0.1, 0.15) is 0 Å². The number of aryl methyl sites for hydroxylation is 3. The normalized spacial score (nSPS) is 10.6. The van der Waals surface area contributed by atoms with E-state index in [0.29, 0.717) is 22.7 Å². The van der Waals surface area contributed by atoms with Gasteiger partial charge in [0.15, 0.2) is 18.1 Å².